The highest BCUT2D eigenvalue weighted by atomic mass is 14.9. The molecule has 1 N–H and O–H groups in total. The van der Waals surface area contributed by atoms with Crippen LogP contribution in [0.25, 0.3) is 0 Å². The van der Waals surface area contributed by atoms with Crippen LogP contribution in [0.1, 0.15) is 40.0 Å². The molecule has 0 aliphatic carbocycles. The van der Waals surface area contributed by atoms with Gasteiger partial charge in [-0.25, -0.2) is 0 Å². The number of nitrogens with one attached hydrogen (secondary N) is 1. The zero-order valence-electron chi connectivity index (χ0n) is 8.06. The van der Waals surface area contributed by atoms with Gasteiger partial charge in [-0.05, 0) is 31.2 Å². The van der Waals surface area contributed by atoms with Gasteiger partial charge in [-0.1, -0.05) is 27.2 Å². The summed E-state index contributed by atoms with van der Waals surface area (Å²) in [5.74, 6) is 1.80. The molecule has 0 spiro atoms. The summed E-state index contributed by atoms with van der Waals surface area (Å²) in [7, 11) is 0. The van der Waals surface area contributed by atoms with E-state index in [1.54, 1.807) is 0 Å². The van der Waals surface area contributed by atoms with Gasteiger partial charge in [-0.2, -0.15) is 0 Å². The fourth-order valence-corrected chi connectivity index (χ4v) is 1.81. The van der Waals surface area contributed by atoms with Gasteiger partial charge in [0.25, 0.3) is 0 Å². The van der Waals surface area contributed by atoms with Gasteiger partial charge in [-0.3, -0.25) is 0 Å². The summed E-state index contributed by atoms with van der Waals surface area (Å²) in [4.78, 5) is 0. The van der Waals surface area contributed by atoms with E-state index in [0.29, 0.717) is 0 Å². The van der Waals surface area contributed by atoms with Crippen molar-refractivity contribution in [2.45, 2.75) is 46.1 Å². The highest BCUT2D eigenvalue weighted by Gasteiger charge is 2.23. The molecule has 1 heteroatoms. The molecule has 3 unspecified atom stereocenters. The fourth-order valence-electron chi connectivity index (χ4n) is 1.81. The third-order valence-electron chi connectivity index (χ3n) is 3.05. The first-order chi connectivity index (χ1) is 5.24. The Balaban J connectivity index is 2.24. The number of hydrogen-bond acceptors (Lipinski definition) is 1. The Morgan fingerprint density at radius 1 is 1.55 bits per heavy atom. The van der Waals surface area contributed by atoms with Crippen molar-refractivity contribution in [3.63, 3.8) is 0 Å². The van der Waals surface area contributed by atoms with Gasteiger partial charge in [0.15, 0.2) is 0 Å². The van der Waals surface area contributed by atoms with Gasteiger partial charge in [0, 0.05) is 6.04 Å². The monoisotopic (exact) mass is 155 g/mol. The van der Waals surface area contributed by atoms with Crippen LogP contribution in [0.2, 0.25) is 0 Å². The molecule has 1 aliphatic rings. The summed E-state index contributed by atoms with van der Waals surface area (Å²) >= 11 is 0. The predicted octanol–water partition coefficient (Wildman–Crippen LogP) is 2.42. The summed E-state index contributed by atoms with van der Waals surface area (Å²) in [5, 5.41) is 3.57. The Morgan fingerprint density at radius 2 is 2.27 bits per heavy atom. The van der Waals surface area contributed by atoms with Gasteiger partial charge in [0.05, 0.1) is 0 Å². The number of rotatable bonds is 3. The first-order valence-corrected chi connectivity index (χ1v) is 4.97. The van der Waals surface area contributed by atoms with E-state index in [1.807, 2.05) is 0 Å². The lowest BCUT2D eigenvalue weighted by Crippen LogP contribution is -2.27. The van der Waals surface area contributed by atoms with Gasteiger partial charge < -0.3 is 5.32 Å². The average molecular weight is 155 g/mol. The second-order valence-corrected chi connectivity index (χ2v) is 4.08. The molecule has 0 radical (unpaired) electrons. The molecular formula is C10H21N. The van der Waals surface area contributed by atoms with Crippen LogP contribution < -0.4 is 5.32 Å². The molecule has 1 heterocycles. The van der Waals surface area contributed by atoms with Crippen LogP contribution in [0.3, 0.4) is 0 Å². The highest BCUT2D eigenvalue weighted by molar-refractivity contribution is 4.81. The van der Waals surface area contributed by atoms with E-state index >= 15 is 0 Å². The van der Waals surface area contributed by atoms with E-state index in [0.717, 1.165) is 17.9 Å². The van der Waals surface area contributed by atoms with Crippen LogP contribution in [0.5, 0.6) is 0 Å². The molecule has 66 valence electrons. The van der Waals surface area contributed by atoms with E-state index in [-0.39, 0.29) is 0 Å². The van der Waals surface area contributed by atoms with Crippen molar-refractivity contribution in [3.05, 3.63) is 0 Å². The molecule has 0 saturated carbocycles. The van der Waals surface area contributed by atoms with Crippen molar-refractivity contribution in [2.75, 3.05) is 6.54 Å². The van der Waals surface area contributed by atoms with Gasteiger partial charge in [0.1, 0.15) is 0 Å². The molecule has 1 nitrogen and oxygen atoms in total. The minimum absolute atomic E-state index is 0.810. The Labute approximate surface area is 70.6 Å². The Bertz CT molecular complexity index is 111. The molecule has 0 aromatic rings. The van der Waals surface area contributed by atoms with Gasteiger partial charge in [-0.15, -0.1) is 0 Å². The summed E-state index contributed by atoms with van der Waals surface area (Å²) in [6.07, 6.45) is 4.07. The van der Waals surface area contributed by atoms with E-state index in [1.165, 1.54) is 25.8 Å². The smallest absolute Gasteiger partial charge is 0.00957 e. The van der Waals surface area contributed by atoms with Crippen LogP contribution in [-0.4, -0.2) is 12.6 Å². The van der Waals surface area contributed by atoms with Crippen LogP contribution in [0.4, 0.5) is 0 Å². The van der Waals surface area contributed by atoms with Crippen molar-refractivity contribution in [2.24, 2.45) is 11.8 Å². The van der Waals surface area contributed by atoms with Crippen molar-refractivity contribution < 1.29 is 0 Å². The normalized spacial score (nSPS) is 34.1. The molecule has 11 heavy (non-hydrogen) atoms. The zero-order valence-corrected chi connectivity index (χ0v) is 8.06. The SMILES string of the molecule is CCC(C)CC1NCCC1C. The van der Waals surface area contributed by atoms with Crippen LogP contribution >= 0.6 is 0 Å². The van der Waals surface area contributed by atoms with Crippen molar-refractivity contribution in [3.8, 4) is 0 Å². The van der Waals surface area contributed by atoms with E-state index < -0.39 is 0 Å². The molecule has 1 aliphatic heterocycles. The Morgan fingerprint density at radius 3 is 2.73 bits per heavy atom. The van der Waals surface area contributed by atoms with Crippen LogP contribution in [-0.2, 0) is 0 Å². The van der Waals surface area contributed by atoms with Crippen molar-refractivity contribution in [1.29, 1.82) is 0 Å². The summed E-state index contributed by atoms with van der Waals surface area (Å²) < 4.78 is 0. The summed E-state index contributed by atoms with van der Waals surface area (Å²) in [6.45, 7) is 8.24. The van der Waals surface area contributed by atoms with E-state index in [4.69, 9.17) is 0 Å². The maximum absolute atomic E-state index is 3.57. The predicted molar refractivity (Wildman–Crippen MR) is 49.6 cm³/mol. The molecule has 3 atom stereocenters. The largest absolute Gasteiger partial charge is 0.314 e. The van der Waals surface area contributed by atoms with Crippen LogP contribution in [0.15, 0.2) is 0 Å². The molecule has 0 aromatic carbocycles. The van der Waals surface area contributed by atoms with E-state index in [9.17, 15) is 0 Å². The van der Waals surface area contributed by atoms with Crippen molar-refractivity contribution in [1.82, 2.24) is 5.32 Å². The molecule has 0 bridgehead atoms. The zero-order chi connectivity index (χ0) is 8.27. The Kier molecular flexibility index (Phi) is 3.38. The first-order valence-electron chi connectivity index (χ1n) is 4.97. The molecule has 1 saturated heterocycles. The quantitative estimate of drug-likeness (QED) is 0.660. The van der Waals surface area contributed by atoms with Crippen LogP contribution in [0, 0.1) is 11.8 Å². The maximum Gasteiger partial charge on any atom is 0.00957 e. The number of hydrogen-bond donors (Lipinski definition) is 1. The van der Waals surface area contributed by atoms with Gasteiger partial charge >= 0.3 is 0 Å². The van der Waals surface area contributed by atoms with Crippen molar-refractivity contribution >= 4 is 0 Å². The first kappa shape index (κ1) is 9.05. The Hall–Kier alpha value is -0.0400. The highest BCUT2D eigenvalue weighted by Crippen LogP contribution is 2.21. The third-order valence-corrected chi connectivity index (χ3v) is 3.05. The standard InChI is InChI=1S/C10H21N/c1-4-8(2)7-10-9(3)5-6-11-10/h8-11H,4-7H2,1-3H3. The average Bonchev–Trinajstić information content (AvgIpc) is 2.37. The molecule has 0 aromatic heterocycles. The third kappa shape index (κ3) is 2.48. The fraction of sp³-hybridized carbons (Fsp3) is 1.00. The maximum atomic E-state index is 3.57. The summed E-state index contributed by atoms with van der Waals surface area (Å²) in [6, 6.07) is 0.810. The minimum atomic E-state index is 0.810. The van der Waals surface area contributed by atoms with E-state index in [2.05, 4.69) is 26.1 Å². The second-order valence-electron chi connectivity index (χ2n) is 4.08. The lowest BCUT2D eigenvalue weighted by atomic mass is 9.92. The molecule has 0 amide bonds. The second kappa shape index (κ2) is 4.10. The topological polar surface area (TPSA) is 12.0 Å². The molecule has 1 fully saturated rings. The lowest BCUT2D eigenvalue weighted by Gasteiger charge is -2.19. The molecule has 1 rings (SSSR count). The molecular weight excluding hydrogens is 134 g/mol. The summed E-state index contributed by atoms with van der Waals surface area (Å²) in [5.41, 5.74) is 0. The minimum Gasteiger partial charge on any atom is -0.314 e. The van der Waals surface area contributed by atoms with Gasteiger partial charge in [0.2, 0.25) is 0 Å². The lowest BCUT2D eigenvalue weighted by molar-refractivity contribution is 0.374.